The Kier molecular flexibility index (Phi) is 10.3. The van der Waals surface area contributed by atoms with Crippen LogP contribution in [0, 0.1) is 16.7 Å². The molecule has 10 heteroatoms. The van der Waals surface area contributed by atoms with E-state index in [1.165, 1.54) is 0 Å². The lowest BCUT2D eigenvalue weighted by Crippen LogP contribution is -2.69. The maximum absolute atomic E-state index is 14.0. The Bertz CT molecular complexity index is 1840. The minimum absolute atomic E-state index is 0.254. The lowest BCUT2D eigenvalue weighted by atomic mass is 9.49. The van der Waals surface area contributed by atoms with Crippen LogP contribution in [0.2, 0.25) is 0 Å². The van der Waals surface area contributed by atoms with E-state index in [2.05, 4.69) is 5.32 Å². The van der Waals surface area contributed by atoms with Gasteiger partial charge >= 0.3 is 11.9 Å². The van der Waals surface area contributed by atoms with Crippen LogP contribution in [-0.4, -0.2) is 74.4 Å². The van der Waals surface area contributed by atoms with Gasteiger partial charge in [0.25, 0.3) is 5.91 Å². The highest BCUT2D eigenvalue weighted by atomic mass is 16.6. The van der Waals surface area contributed by atoms with Crippen molar-refractivity contribution >= 4 is 17.8 Å². The van der Waals surface area contributed by atoms with E-state index in [0.29, 0.717) is 29.5 Å². The van der Waals surface area contributed by atoms with Crippen molar-refractivity contribution in [2.75, 3.05) is 0 Å². The summed E-state index contributed by atoms with van der Waals surface area (Å²) < 4.78 is 12.3. The Balaban J connectivity index is 1.39. The number of fused-ring (bicyclic) bond motifs is 3. The molecule has 3 aromatic carbocycles. The number of hydrogen-bond acceptors (Lipinski definition) is 9. The van der Waals surface area contributed by atoms with Crippen LogP contribution in [0.4, 0.5) is 0 Å². The zero-order valence-corrected chi connectivity index (χ0v) is 29.8. The predicted octanol–water partition coefficient (Wildman–Crippen LogP) is 4.84. The first-order valence-electron chi connectivity index (χ1n) is 17.7. The molecule has 0 spiro atoms. The van der Waals surface area contributed by atoms with Crippen LogP contribution in [-0.2, 0) is 14.3 Å². The molecule has 3 aliphatic rings. The number of amides is 1. The number of carbonyl (C=O) groups excluding carboxylic acids is 3. The van der Waals surface area contributed by atoms with Gasteiger partial charge in [0.1, 0.15) is 23.9 Å². The zero-order valence-electron chi connectivity index (χ0n) is 29.8. The Labute approximate surface area is 303 Å². The van der Waals surface area contributed by atoms with Gasteiger partial charge in [-0.2, -0.15) is 0 Å². The monoisotopic (exact) mass is 709 g/mol. The second-order valence-corrected chi connectivity index (χ2v) is 15.0. The molecule has 3 aromatic rings. The SMILES string of the molecule is CC1=C2[C@@H](O)[C@H](O)[C@]3(C)CCC=C[C@H]3[C@H](OC(=O)c3ccccc3)[C@](O)(CC1OC(=O)[C@H](O)[C@@H](NC(=O)c1ccccc1)c1ccccc1)C2(C)C. The number of esters is 2. The summed E-state index contributed by atoms with van der Waals surface area (Å²) in [5, 5.41) is 51.3. The maximum Gasteiger partial charge on any atom is 0.338 e. The summed E-state index contributed by atoms with van der Waals surface area (Å²) >= 11 is 0. The minimum Gasteiger partial charge on any atom is -0.456 e. The number of allylic oxidation sites excluding steroid dienone is 1. The van der Waals surface area contributed by atoms with E-state index in [0.717, 1.165) is 0 Å². The highest BCUT2D eigenvalue weighted by Crippen LogP contribution is 2.59. The van der Waals surface area contributed by atoms with Gasteiger partial charge in [-0.05, 0) is 60.7 Å². The molecule has 1 fully saturated rings. The summed E-state index contributed by atoms with van der Waals surface area (Å²) in [5.41, 5.74) is -2.55. The highest BCUT2D eigenvalue weighted by molar-refractivity contribution is 5.95. The lowest BCUT2D eigenvalue weighted by molar-refractivity contribution is -0.221. The number of hydrogen-bond donors (Lipinski definition) is 5. The Morgan fingerprint density at radius 2 is 1.42 bits per heavy atom. The van der Waals surface area contributed by atoms with E-state index in [1.54, 1.807) is 112 Å². The standard InChI is InChI=1S/C42H47NO9/c1-25-30(51-39(49)34(45)32(26-16-8-5-9-17-26)43-37(47)27-18-10-6-11-19-27)24-42(50)36(52-38(48)28-20-12-7-13-21-28)29-22-14-15-23-41(29,4)35(46)33(44)31(25)40(42,2)3/h5-14,16-22,29-30,32-36,44-46,50H,15,23-24H2,1-4H3,(H,43,47)/t29-,30?,32-,33+,34+,35-,36-,41+,42+/m0/s1. The van der Waals surface area contributed by atoms with Crippen molar-refractivity contribution < 1.29 is 44.3 Å². The van der Waals surface area contributed by atoms with Crippen molar-refractivity contribution in [1.29, 1.82) is 0 Å². The van der Waals surface area contributed by atoms with Crippen molar-refractivity contribution in [3.63, 3.8) is 0 Å². The average Bonchev–Trinajstić information content (AvgIpc) is 3.15. The quantitative estimate of drug-likeness (QED) is 0.163. The zero-order chi connectivity index (χ0) is 37.4. The summed E-state index contributed by atoms with van der Waals surface area (Å²) in [7, 11) is 0. The highest BCUT2D eigenvalue weighted by Gasteiger charge is 2.66. The van der Waals surface area contributed by atoms with Crippen LogP contribution in [0.25, 0.3) is 0 Å². The van der Waals surface area contributed by atoms with E-state index >= 15 is 0 Å². The fourth-order valence-corrected chi connectivity index (χ4v) is 8.52. The number of aliphatic hydroxyl groups is 4. The first-order valence-corrected chi connectivity index (χ1v) is 17.7. The van der Waals surface area contributed by atoms with Gasteiger partial charge in [0.2, 0.25) is 0 Å². The molecule has 9 atom stereocenters. The molecule has 5 N–H and O–H groups in total. The average molecular weight is 710 g/mol. The molecule has 0 aromatic heterocycles. The molecule has 1 unspecified atom stereocenters. The maximum atomic E-state index is 14.0. The van der Waals surface area contributed by atoms with Crippen molar-refractivity contribution in [2.45, 2.75) is 89.1 Å². The normalized spacial score (nSPS) is 30.5. The van der Waals surface area contributed by atoms with E-state index < -0.39 is 76.8 Å². The third kappa shape index (κ3) is 6.49. The summed E-state index contributed by atoms with van der Waals surface area (Å²) in [6, 6.07) is 24.1. The lowest BCUT2D eigenvalue weighted by Gasteiger charge is -2.61. The summed E-state index contributed by atoms with van der Waals surface area (Å²) in [6.07, 6.45) is -2.61. The number of rotatable bonds is 8. The predicted molar refractivity (Wildman–Crippen MR) is 193 cm³/mol. The largest absolute Gasteiger partial charge is 0.456 e. The molecule has 10 nitrogen and oxygen atoms in total. The van der Waals surface area contributed by atoms with Crippen molar-refractivity contribution in [1.82, 2.24) is 5.32 Å². The molecule has 0 radical (unpaired) electrons. The number of aliphatic hydroxyl groups excluding tert-OH is 3. The van der Waals surface area contributed by atoms with Crippen LogP contribution >= 0.6 is 0 Å². The molecule has 0 aliphatic heterocycles. The molecule has 3 aliphatic carbocycles. The molecule has 52 heavy (non-hydrogen) atoms. The molecular weight excluding hydrogens is 662 g/mol. The van der Waals surface area contributed by atoms with Gasteiger partial charge in [0.15, 0.2) is 6.10 Å². The molecule has 2 bridgehead atoms. The topological polar surface area (TPSA) is 163 Å². The van der Waals surface area contributed by atoms with Gasteiger partial charge in [0.05, 0.1) is 17.7 Å². The van der Waals surface area contributed by atoms with Crippen LogP contribution in [0.1, 0.15) is 79.3 Å². The first kappa shape index (κ1) is 37.2. The van der Waals surface area contributed by atoms with Crippen molar-refractivity contribution in [3.8, 4) is 0 Å². The van der Waals surface area contributed by atoms with Gasteiger partial charge in [-0.25, -0.2) is 9.59 Å². The molecule has 1 saturated carbocycles. The molecule has 0 heterocycles. The van der Waals surface area contributed by atoms with E-state index in [1.807, 2.05) is 19.1 Å². The minimum atomic E-state index is -1.95. The molecular formula is C42H47NO9. The molecule has 1 amide bonds. The van der Waals surface area contributed by atoms with Crippen LogP contribution in [0.3, 0.4) is 0 Å². The molecule has 0 saturated heterocycles. The summed E-state index contributed by atoms with van der Waals surface area (Å²) in [4.78, 5) is 40.9. The van der Waals surface area contributed by atoms with Crippen LogP contribution < -0.4 is 5.32 Å². The van der Waals surface area contributed by atoms with Gasteiger partial charge in [-0.15, -0.1) is 0 Å². The van der Waals surface area contributed by atoms with E-state index in [9.17, 15) is 34.8 Å². The van der Waals surface area contributed by atoms with Gasteiger partial charge in [-0.1, -0.05) is 99.7 Å². The summed E-state index contributed by atoms with van der Waals surface area (Å²) in [5.74, 6) is -3.01. The van der Waals surface area contributed by atoms with Gasteiger partial charge < -0.3 is 35.2 Å². The third-order valence-corrected chi connectivity index (χ3v) is 11.7. The third-order valence-electron chi connectivity index (χ3n) is 11.7. The number of ether oxygens (including phenoxy) is 2. The summed E-state index contributed by atoms with van der Waals surface area (Å²) in [6.45, 7) is 6.93. The Hall–Kier alpha value is -4.61. The van der Waals surface area contributed by atoms with Crippen molar-refractivity contribution in [3.05, 3.63) is 131 Å². The second kappa shape index (κ2) is 14.4. The number of benzene rings is 3. The smallest absolute Gasteiger partial charge is 0.338 e. The first-order chi connectivity index (χ1) is 24.7. The van der Waals surface area contributed by atoms with Crippen molar-refractivity contribution in [2.24, 2.45) is 16.7 Å². The van der Waals surface area contributed by atoms with Crippen LogP contribution in [0.15, 0.2) is 114 Å². The fraction of sp³-hybridized carbons (Fsp3) is 0.405. The van der Waals surface area contributed by atoms with Gasteiger partial charge in [-0.3, -0.25) is 4.79 Å². The second-order valence-electron chi connectivity index (χ2n) is 15.0. The fourth-order valence-electron chi connectivity index (χ4n) is 8.52. The Morgan fingerprint density at radius 1 is 0.846 bits per heavy atom. The van der Waals surface area contributed by atoms with Gasteiger partial charge in [0, 0.05) is 28.7 Å². The molecule has 274 valence electrons. The number of nitrogens with one attached hydrogen (secondary N) is 1. The molecule has 6 rings (SSSR count). The van der Waals surface area contributed by atoms with E-state index in [4.69, 9.17) is 9.47 Å². The van der Waals surface area contributed by atoms with Crippen LogP contribution in [0.5, 0.6) is 0 Å². The number of carbonyl (C=O) groups is 3. The Morgan fingerprint density at radius 3 is 2.04 bits per heavy atom. The van der Waals surface area contributed by atoms with E-state index in [-0.39, 0.29) is 17.6 Å².